The Kier molecular flexibility index (Phi) is 3.95. The van der Waals surface area contributed by atoms with Crippen LogP contribution in [0.1, 0.15) is 42.1 Å². The molecule has 2 aromatic heterocycles. The van der Waals surface area contributed by atoms with Crippen molar-refractivity contribution in [1.29, 1.82) is 0 Å². The zero-order chi connectivity index (χ0) is 15.0. The van der Waals surface area contributed by atoms with E-state index in [9.17, 15) is 0 Å². The average Bonchev–Trinajstić information content (AvgIpc) is 3.02. The number of thiocarbonyl (C=S) groups is 1. The van der Waals surface area contributed by atoms with Gasteiger partial charge in [-0.25, -0.2) is 0 Å². The third kappa shape index (κ3) is 2.56. The molecule has 0 saturated carbocycles. The number of nitrogens with one attached hydrogen (secondary N) is 1. The Labute approximate surface area is 135 Å². The molecule has 3 heterocycles. The van der Waals surface area contributed by atoms with E-state index in [0.717, 1.165) is 10.8 Å². The maximum Gasteiger partial charge on any atom is 0.170 e. The average molecular weight is 317 g/mol. The van der Waals surface area contributed by atoms with E-state index in [1.165, 1.54) is 10.4 Å². The predicted octanol–water partition coefficient (Wildman–Crippen LogP) is 3.83. The molecule has 1 aliphatic rings. The van der Waals surface area contributed by atoms with Crippen LogP contribution >= 0.6 is 23.6 Å². The SMILES string of the molecule is Cc1ccsc1[C@H]1[C@H](c2ccccn2)NC(=S)N1C(C)C. The van der Waals surface area contributed by atoms with Gasteiger partial charge in [-0.15, -0.1) is 11.3 Å². The molecule has 0 radical (unpaired) electrons. The molecule has 5 heteroatoms. The Bertz CT molecular complexity index is 636. The van der Waals surface area contributed by atoms with Crippen molar-refractivity contribution in [3.05, 3.63) is 52.0 Å². The molecule has 110 valence electrons. The highest BCUT2D eigenvalue weighted by molar-refractivity contribution is 7.80. The highest BCUT2D eigenvalue weighted by atomic mass is 32.1. The lowest BCUT2D eigenvalue weighted by Gasteiger charge is -2.30. The molecule has 3 rings (SSSR count). The molecule has 0 spiro atoms. The van der Waals surface area contributed by atoms with Crippen molar-refractivity contribution >= 4 is 28.7 Å². The number of rotatable bonds is 3. The second kappa shape index (κ2) is 5.73. The Morgan fingerprint density at radius 2 is 2.14 bits per heavy atom. The molecule has 1 fully saturated rings. The number of nitrogens with zero attached hydrogens (tertiary/aromatic N) is 2. The third-order valence-corrected chi connectivity index (χ3v) is 5.28. The summed E-state index contributed by atoms with van der Waals surface area (Å²) in [6.07, 6.45) is 1.84. The zero-order valence-electron chi connectivity index (χ0n) is 12.4. The lowest BCUT2D eigenvalue weighted by molar-refractivity contribution is 0.272. The minimum absolute atomic E-state index is 0.110. The van der Waals surface area contributed by atoms with Gasteiger partial charge in [0, 0.05) is 17.1 Å². The molecule has 0 amide bonds. The van der Waals surface area contributed by atoms with Crippen molar-refractivity contribution < 1.29 is 0 Å². The van der Waals surface area contributed by atoms with Crippen LogP contribution in [0.3, 0.4) is 0 Å². The molecule has 0 aliphatic carbocycles. The molecular weight excluding hydrogens is 298 g/mol. The molecule has 21 heavy (non-hydrogen) atoms. The van der Waals surface area contributed by atoms with Crippen LogP contribution in [-0.2, 0) is 0 Å². The topological polar surface area (TPSA) is 28.2 Å². The largest absolute Gasteiger partial charge is 0.352 e. The fraction of sp³-hybridized carbons (Fsp3) is 0.375. The van der Waals surface area contributed by atoms with Crippen LogP contribution in [0, 0.1) is 6.92 Å². The van der Waals surface area contributed by atoms with E-state index in [2.05, 4.69) is 53.5 Å². The number of pyridine rings is 1. The van der Waals surface area contributed by atoms with E-state index in [4.69, 9.17) is 12.2 Å². The molecule has 1 aliphatic heterocycles. The summed E-state index contributed by atoms with van der Waals surface area (Å²) < 4.78 is 0. The van der Waals surface area contributed by atoms with Crippen molar-refractivity contribution in [2.45, 2.75) is 38.9 Å². The van der Waals surface area contributed by atoms with Crippen LogP contribution < -0.4 is 5.32 Å². The standard InChI is InChI=1S/C16H19N3S2/c1-10(2)19-14(15-11(3)7-9-21-15)13(18-16(19)20)12-6-4-5-8-17-12/h4-10,13-14H,1-3H3,(H,18,20)/t13-,14+/m0/s1. The maximum atomic E-state index is 5.58. The van der Waals surface area contributed by atoms with Gasteiger partial charge < -0.3 is 10.2 Å². The van der Waals surface area contributed by atoms with Crippen molar-refractivity contribution in [2.75, 3.05) is 0 Å². The van der Waals surface area contributed by atoms with Gasteiger partial charge in [-0.05, 0) is 62.1 Å². The van der Waals surface area contributed by atoms with Crippen LogP contribution in [0.5, 0.6) is 0 Å². The molecule has 3 nitrogen and oxygen atoms in total. The van der Waals surface area contributed by atoms with Crippen molar-refractivity contribution in [1.82, 2.24) is 15.2 Å². The molecule has 1 saturated heterocycles. The molecule has 0 bridgehead atoms. The third-order valence-electron chi connectivity index (χ3n) is 3.86. The summed E-state index contributed by atoms with van der Waals surface area (Å²) in [7, 11) is 0. The normalized spacial score (nSPS) is 21.9. The lowest BCUT2D eigenvalue weighted by atomic mass is 10.00. The zero-order valence-corrected chi connectivity index (χ0v) is 14.0. The highest BCUT2D eigenvalue weighted by Crippen LogP contribution is 2.42. The van der Waals surface area contributed by atoms with Crippen LogP contribution in [0.2, 0.25) is 0 Å². The van der Waals surface area contributed by atoms with Crippen molar-refractivity contribution in [3.63, 3.8) is 0 Å². The fourth-order valence-corrected chi connectivity index (χ4v) is 4.40. The van der Waals surface area contributed by atoms with Gasteiger partial charge in [0.05, 0.1) is 17.8 Å². The second-order valence-electron chi connectivity index (χ2n) is 5.60. The summed E-state index contributed by atoms with van der Waals surface area (Å²) in [5.74, 6) is 0. The Hall–Kier alpha value is -1.46. The Morgan fingerprint density at radius 3 is 2.71 bits per heavy atom. The molecule has 0 aromatic carbocycles. The van der Waals surface area contributed by atoms with E-state index in [-0.39, 0.29) is 12.1 Å². The minimum atomic E-state index is 0.110. The number of hydrogen-bond donors (Lipinski definition) is 1. The first-order valence-corrected chi connectivity index (χ1v) is 8.42. The summed E-state index contributed by atoms with van der Waals surface area (Å²) >= 11 is 7.38. The predicted molar refractivity (Wildman–Crippen MR) is 91.5 cm³/mol. The van der Waals surface area contributed by atoms with Gasteiger partial charge in [0.15, 0.2) is 5.11 Å². The van der Waals surface area contributed by atoms with Crippen LogP contribution in [-0.4, -0.2) is 21.0 Å². The van der Waals surface area contributed by atoms with Gasteiger partial charge in [-0.2, -0.15) is 0 Å². The number of aryl methyl sites for hydroxylation is 1. The van der Waals surface area contributed by atoms with Crippen LogP contribution in [0.25, 0.3) is 0 Å². The quantitative estimate of drug-likeness (QED) is 0.871. The molecular formula is C16H19N3S2. The minimum Gasteiger partial charge on any atom is -0.352 e. The van der Waals surface area contributed by atoms with E-state index in [1.54, 1.807) is 11.3 Å². The van der Waals surface area contributed by atoms with E-state index >= 15 is 0 Å². The summed E-state index contributed by atoms with van der Waals surface area (Å²) in [6, 6.07) is 8.90. The Morgan fingerprint density at radius 1 is 1.33 bits per heavy atom. The first-order valence-electron chi connectivity index (χ1n) is 7.13. The first kappa shape index (κ1) is 14.5. The Balaban J connectivity index is 2.07. The molecule has 2 aromatic rings. The van der Waals surface area contributed by atoms with Gasteiger partial charge in [-0.3, -0.25) is 4.98 Å². The molecule has 1 N–H and O–H groups in total. The second-order valence-corrected chi connectivity index (χ2v) is 6.93. The molecule has 2 atom stereocenters. The summed E-state index contributed by atoms with van der Waals surface area (Å²) in [6.45, 7) is 6.54. The summed E-state index contributed by atoms with van der Waals surface area (Å²) in [5, 5.41) is 6.44. The smallest absolute Gasteiger partial charge is 0.170 e. The number of hydrogen-bond acceptors (Lipinski definition) is 3. The summed E-state index contributed by atoms with van der Waals surface area (Å²) in [5.41, 5.74) is 2.36. The lowest BCUT2D eigenvalue weighted by Crippen LogP contribution is -2.35. The van der Waals surface area contributed by atoms with Gasteiger partial charge >= 0.3 is 0 Å². The summed E-state index contributed by atoms with van der Waals surface area (Å²) in [4.78, 5) is 8.20. The van der Waals surface area contributed by atoms with Gasteiger partial charge in [0.1, 0.15) is 0 Å². The first-order chi connectivity index (χ1) is 10.1. The van der Waals surface area contributed by atoms with E-state index in [0.29, 0.717) is 6.04 Å². The van der Waals surface area contributed by atoms with Crippen LogP contribution in [0.4, 0.5) is 0 Å². The van der Waals surface area contributed by atoms with Crippen LogP contribution in [0.15, 0.2) is 35.8 Å². The monoisotopic (exact) mass is 317 g/mol. The highest BCUT2D eigenvalue weighted by Gasteiger charge is 2.41. The van der Waals surface area contributed by atoms with E-state index < -0.39 is 0 Å². The van der Waals surface area contributed by atoms with Crippen molar-refractivity contribution in [3.8, 4) is 0 Å². The van der Waals surface area contributed by atoms with E-state index in [1.807, 2.05) is 18.3 Å². The number of thiophene rings is 1. The van der Waals surface area contributed by atoms with Gasteiger partial charge in [0.2, 0.25) is 0 Å². The van der Waals surface area contributed by atoms with Gasteiger partial charge in [0.25, 0.3) is 0 Å². The van der Waals surface area contributed by atoms with Crippen molar-refractivity contribution in [2.24, 2.45) is 0 Å². The fourth-order valence-electron chi connectivity index (χ4n) is 2.89. The van der Waals surface area contributed by atoms with Gasteiger partial charge in [-0.1, -0.05) is 6.07 Å². The number of aromatic nitrogens is 1. The molecule has 0 unspecified atom stereocenters. The maximum absolute atomic E-state index is 5.58.